The van der Waals surface area contributed by atoms with E-state index >= 15 is 0 Å². The number of rotatable bonds is 6. The highest BCUT2D eigenvalue weighted by Crippen LogP contribution is 2.05. The van der Waals surface area contributed by atoms with E-state index in [1.54, 1.807) is 13.8 Å². The first kappa shape index (κ1) is 17.0. The predicted molar refractivity (Wildman–Crippen MR) is 66.5 cm³/mol. The molecule has 1 atom stereocenters. The van der Waals surface area contributed by atoms with E-state index in [2.05, 4.69) is 23.3 Å². The maximum Gasteiger partial charge on any atom is 0.324 e. The third-order valence-corrected chi connectivity index (χ3v) is 2.45. The van der Waals surface area contributed by atoms with E-state index in [1.807, 2.05) is 0 Å². The van der Waals surface area contributed by atoms with Crippen molar-refractivity contribution in [3.05, 3.63) is 0 Å². The zero-order valence-electron chi connectivity index (χ0n) is 8.83. The summed E-state index contributed by atoms with van der Waals surface area (Å²) in [6.07, 6.45) is 0. The lowest BCUT2D eigenvalue weighted by Crippen LogP contribution is -2.53. The highest BCUT2D eigenvalue weighted by molar-refractivity contribution is 7.80. The van der Waals surface area contributed by atoms with Crippen molar-refractivity contribution >= 4 is 36.8 Å². The first-order valence-corrected chi connectivity index (χ1v) is 4.94. The fraction of sp³-hybridized carbons (Fsp3) is 0.750. The Labute approximate surface area is 101 Å². The minimum Gasteiger partial charge on any atom is -0.480 e. The fourth-order valence-corrected chi connectivity index (χ4v) is 1.03. The van der Waals surface area contributed by atoms with Gasteiger partial charge in [-0.25, -0.2) is 0 Å². The van der Waals surface area contributed by atoms with Crippen LogP contribution >= 0.6 is 25.0 Å². The van der Waals surface area contributed by atoms with Crippen LogP contribution in [0.2, 0.25) is 0 Å². The molecule has 90 valence electrons. The maximum absolute atomic E-state index is 10.8. The molecule has 15 heavy (non-hydrogen) atoms. The summed E-state index contributed by atoms with van der Waals surface area (Å²) in [5.41, 5.74) is -0.999. The minimum absolute atomic E-state index is 0. The highest BCUT2D eigenvalue weighted by atomic mass is 35.5. The zero-order valence-corrected chi connectivity index (χ0v) is 10.5. The number of carbonyl (C=O) groups is 1. The lowest BCUT2D eigenvalue weighted by Gasteiger charge is -2.24. The number of hydrogen-bond acceptors (Lipinski definition) is 4. The third kappa shape index (κ3) is 6.59. The first-order valence-electron chi connectivity index (χ1n) is 4.30. The molecule has 0 heterocycles. The summed E-state index contributed by atoms with van der Waals surface area (Å²) in [7, 11) is 0. The molecule has 0 unspecified atom stereocenters. The van der Waals surface area contributed by atoms with Crippen LogP contribution in [0.3, 0.4) is 0 Å². The van der Waals surface area contributed by atoms with Crippen molar-refractivity contribution in [2.24, 2.45) is 0 Å². The molecule has 0 radical (unpaired) electrons. The molecular formula is C8H18ClN3O2S. The SMILES string of the molecule is CC(=N)NCCN[C@](C)(CS)C(=O)O.Cl. The van der Waals surface area contributed by atoms with E-state index < -0.39 is 11.5 Å². The normalized spacial score (nSPS) is 13.5. The van der Waals surface area contributed by atoms with Gasteiger partial charge >= 0.3 is 5.97 Å². The standard InChI is InChI=1S/C8H17N3O2S.ClH/c1-6(9)10-3-4-11-8(2,5-14)7(12)13;/h11,14H,3-5H2,1-2H3,(H2,9,10)(H,12,13);1H/t8-;/m1./s1. The Bertz CT molecular complexity index is 228. The van der Waals surface area contributed by atoms with E-state index in [0.717, 1.165) is 0 Å². The van der Waals surface area contributed by atoms with Crippen LogP contribution < -0.4 is 10.6 Å². The summed E-state index contributed by atoms with van der Waals surface area (Å²) in [6, 6.07) is 0. The van der Waals surface area contributed by atoms with Crippen molar-refractivity contribution in [3.8, 4) is 0 Å². The fourth-order valence-electron chi connectivity index (χ4n) is 0.788. The molecule has 0 aliphatic heterocycles. The number of nitrogens with one attached hydrogen (secondary N) is 3. The van der Waals surface area contributed by atoms with Crippen LogP contribution in [0.25, 0.3) is 0 Å². The predicted octanol–water partition coefficient (Wildman–Crippen LogP) is 0.358. The van der Waals surface area contributed by atoms with Crippen molar-refractivity contribution in [1.29, 1.82) is 5.41 Å². The Morgan fingerprint density at radius 3 is 2.40 bits per heavy atom. The monoisotopic (exact) mass is 255 g/mol. The smallest absolute Gasteiger partial charge is 0.324 e. The van der Waals surface area contributed by atoms with Gasteiger partial charge in [0.05, 0.1) is 5.84 Å². The van der Waals surface area contributed by atoms with Gasteiger partial charge in [0.15, 0.2) is 0 Å². The maximum atomic E-state index is 10.8. The summed E-state index contributed by atoms with van der Waals surface area (Å²) in [6.45, 7) is 4.24. The molecule has 0 aromatic rings. The molecule has 0 saturated carbocycles. The van der Waals surface area contributed by atoms with Crippen LogP contribution in [0.5, 0.6) is 0 Å². The van der Waals surface area contributed by atoms with Gasteiger partial charge in [-0.1, -0.05) is 0 Å². The van der Waals surface area contributed by atoms with Crippen molar-refractivity contribution < 1.29 is 9.90 Å². The van der Waals surface area contributed by atoms with Crippen molar-refractivity contribution in [2.45, 2.75) is 19.4 Å². The van der Waals surface area contributed by atoms with Crippen LogP contribution in [0.4, 0.5) is 0 Å². The lowest BCUT2D eigenvalue weighted by atomic mass is 10.1. The number of aliphatic carboxylic acids is 1. The molecule has 0 amide bonds. The van der Waals surface area contributed by atoms with Crippen molar-refractivity contribution in [3.63, 3.8) is 0 Å². The second kappa shape index (κ2) is 7.78. The summed E-state index contributed by atoms with van der Waals surface area (Å²) < 4.78 is 0. The summed E-state index contributed by atoms with van der Waals surface area (Å²) in [5, 5.41) is 21.6. The first-order chi connectivity index (χ1) is 6.42. The Morgan fingerprint density at radius 1 is 1.53 bits per heavy atom. The largest absolute Gasteiger partial charge is 0.480 e. The third-order valence-electron chi connectivity index (χ3n) is 1.82. The van der Waals surface area contributed by atoms with E-state index in [-0.39, 0.29) is 18.2 Å². The van der Waals surface area contributed by atoms with Gasteiger partial charge < -0.3 is 10.4 Å². The minimum atomic E-state index is -0.999. The number of amidine groups is 1. The van der Waals surface area contributed by atoms with Gasteiger partial charge in [-0.05, 0) is 13.8 Å². The molecule has 0 fully saturated rings. The second-order valence-electron chi connectivity index (χ2n) is 3.27. The molecular weight excluding hydrogens is 238 g/mol. The Morgan fingerprint density at radius 2 is 2.07 bits per heavy atom. The van der Waals surface area contributed by atoms with Crippen LogP contribution in [0.1, 0.15) is 13.8 Å². The average molecular weight is 256 g/mol. The van der Waals surface area contributed by atoms with Gasteiger partial charge in [0, 0.05) is 18.8 Å². The van der Waals surface area contributed by atoms with Crippen LogP contribution in [0.15, 0.2) is 0 Å². The van der Waals surface area contributed by atoms with Gasteiger partial charge in [0.25, 0.3) is 0 Å². The zero-order chi connectivity index (χ0) is 11.2. The number of carboxylic acid groups (broad SMARTS) is 1. The molecule has 0 aliphatic carbocycles. The molecule has 4 N–H and O–H groups in total. The van der Waals surface area contributed by atoms with Crippen LogP contribution in [-0.2, 0) is 4.79 Å². The number of carboxylic acids is 1. The number of thiol groups is 1. The average Bonchev–Trinajstić information content (AvgIpc) is 2.11. The van der Waals surface area contributed by atoms with Gasteiger partial charge in [-0.15, -0.1) is 12.4 Å². The molecule has 7 heteroatoms. The second-order valence-corrected chi connectivity index (χ2v) is 3.59. The lowest BCUT2D eigenvalue weighted by molar-refractivity contribution is -0.143. The topological polar surface area (TPSA) is 85.2 Å². The highest BCUT2D eigenvalue weighted by Gasteiger charge is 2.30. The van der Waals surface area contributed by atoms with Gasteiger partial charge in [0.1, 0.15) is 5.54 Å². The molecule has 0 spiro atoms. The summed E-state index contributed by atoms with van der Waals surface area (Å²) in [4.78, 5) is 10.8. The van der Waals surface area contributed by atoms with Crippen LogP contribution in [0, 0.1) is 5.41 Å². The van der Waals surface area contributed by atoms with E-state index in [0.29, 0.717) is 18.9 Å². The molecule has 5 nitrogen and oxygen atoms in total. The summed E-state index contributed by atoms with van der Waals surface area (Å²) >= 11 is 3.98. The Balaban J connectivity index is 0. The van der Waals surface area contributed by atoms with Crippen molar-refractivity contribution in [2.75, 3.05) is 18.8 Å². The number of hydrogen-bond donors (Lipinski definition) is 5. The van der Waals surface area contributed by atoms with Gasteiger partial charge in [-0.2, -0.15) is 12.6 Å². The molecule has 0 aromatic carbocycles. The van der Waals surface area contributed by atoms with Gasteiger partial charge in [0.2, 0.25) is 0 Å². The quantitative estimate of drug-likeness (QED) is 0.205. The van der Waals surface area contributed by atoms with E-state index in [1.165, 1.54) is 0 Å². The van der Waals surface area contributed by atoms with Crippen molar-refractivity contribution in [1.82, 2.24) is 10.6 Å². The number of halogens is 1. The van der Waals surface area contributed by atoms with Gasteiger partial charge in [-0.3, -0.25) is 15.5 Å². The van der Waals surface area contributed by atoms with Crippen LogP contribution in [-0.4, -0.2) is 41.3 Å². The Hall–Kier alpha value is -0.460. The molecule has 0 aliphatic rings. The molecule has 0 aromatic heterocycles. The molecule has 0 saturated heterocycles. The summed E-state index contributed by atoms with van der Waals surface area (Å²) in [5.74, 6) is -0.319. The molecule has 0 rings (SSSR count). The van der Waals surface area contributed by atoms with E-state index in [9.17, 15) is 4.79 Å². The molecule has 0 bridgehead atoms. The Kier molecular flexibility index (Phi) is 8.80. The van der Waals surface area contributed by atoms with E-state index in [4.69, 9.17) is 10.5 Å².